The van der Waals surface area contributed by atoms with E-state index in [1.165, 1.54) is 0 Å². The highest BCUT2D eigenvalue weighted by atomic mass is 16.2. The summed E-state index contributed by atoms with van der Waals surface area (Å²) in [6, 6.07) is 7.83. The van der Waals surface area contributed by atoms with Gasteiger partial charge in [-0.2, -0.15) is 0 Å². The third-order valence-corrected chi connectivity index (χ3v) is 4.89. The van der Waals surface area contributed by atoms with Gasteiger partial charge in [0, 0.05) is 25.1 Å². The number of nitrogens with zero attached hydrogens (tertiary/aromatic N) is 4. The Bertz CT molecular complexity index is 1090. The molecule has 1 aliphatic rings. The quantitative estimate of drug-likeness (QED) is 0.672. The van der Waals surface area contributed by atoms with Crippen LogP contribution >= 0.6 is 0 Å². The number of carbonyl (C=O) groups excluding carboxylic acids is 3. The van der Waals surface area contributed by atoms with E-state index in [0.717, 1.165) is 16.0 Å². The fourth-order valence-corrected chi connectivity index (χ4v) is 3.25. The van der Waals surface area contributed by atoms with Crippen LogP contribution in [-0.2, 0) is 11.3 Å². The molecule has 1 N–H and O–H groups in total. The number of hydrogen-bond acceptors (Lipinski definition) is 5. The van der Waals surface area contributed by atoms with Crippen molar-refractivity contribution in [1.82, 2.24) is 24.8 Å². The first-order valence-electron chi connectivity index (χ1n) is 9.15. The predicted octanol–water partition coefficient (Wildman–Crippen LogP) is 1.88. The Labute approximate surface area is 167 Å². The molecule has 3 aromatic rings. The van der Waals surface area contributed by atoms with Gasteiger partial charge >= 0.3 is 0 Å². The Morgan fingerprint density at radius 2 is 1.93 bits per heavy atom. The van der Waals surface area contributed by atoms with Gasteiger partial charge in [-0.3, -0.25) is 23.9 Å². The number of hydrogen-bond donors (Lipinski definition) is 1. The summed E-state index contributed by atoms with van der Waals surface area (Å²) in [4.78, 5) is 47.1. The topological polar surface area (TPSA) is 97.2 Å². The molecule has 0 fully saturated rings. The van der Waals surface area contributed by atoms with E-state index in [1.807, 2.05) is 19.1 Å². The van der Waals surface area contributed by atoms with Crippen LogP contribution in [0.2, 0.25) is 0 Å². The summed E-state index contributed by atoms with van der Waals surface area (Å²) in [6.45, 7) is 3.63. The van der Waals surface area contributed by atoms with Crippen LogP contribution in [0.3, 0.4) is 0 Å². The minimum absolute atomic E-state index is 0.239. The van der Waals surface area contributed by atoms with Crippen LogP contribution in [0.1, 0.15) is 38.8 Å². The van der Waals surface area contributed by atoms with Gasteiger partial charge in [-0.05, 0) is 37.6 Å². The van der Waals surface area contributed by atoms with Crippen molar-refractivity contribution in [3.8, 4) is 5.82 Å². The minimum atomic E-state index is -0.916. The van der Waals surface area contributed by atoms with Gasteiger partial charge in [-0.1, -0.05) is 17.7 Å². The lowest BCUT2D eigenvalue weighted by Crippen LogP contribution is -2.47. The van der Waals surface area contributed by atoms with Crippen molar-refractivity contribution in [2.24, 2.45) is 0 Å². The summed E-state index contributed by atoms with van der Waals surface area (Å²) < 4.78 is 1.77. The number of rotatable bonds is 5. The number of pyridine rings is 1. The molecule has 0 saturated heterocycles. The van der Waals surface area contributed by atoms with Gasteiger partial charge in [0.1, 0.15) is 18.2 Å². The first kappa shape index (κ1) is 18.5. The van der Waals surface area contributed by atoms with Gasteiger partial charge < -0.3 is 5.32 Å². The fourth-order valence-electron chi connectivity index (χ4n) is 3.25. The number of benzene rings is 1. The maximum Gasteiger partial charge on any atom is 0.262 e. The molecule has 0 aliphatic carbocycles. The zero-order valence-corrected chi connectivity index (χ0v) is 16.0. The largest absolute Gasteiger partial charge is 0.350 e. The second kappa shape index (κ2) is 7.31. The van der Waals surface area contributed by atoms with Gasteiger partial charge in [0.2, 0.25) is 5.91 Å². The van der Waals surface area contributed by atoms with E-state index >= 15 is 0 Å². The highest BCUT2D eigenvalue weighted by molar-refractivity contribution is 6.22. The normalized spacial score (nSPS) is 14.1. The second-order valence-electron chi connectivity index (χ2n) is 6.92. The van der Waals surface area contributed by atoms with E-state index in [4.69, 9.17) is 0 Å². The zero-order valence-electron chi connectivity index (χ0n) is 16.0. The lowest BCUT2D eigenvalue weighted by molar-refractivity contribution is -0.124. The minimum Gasteiger partial charge on any atom is -0.350 e. The maximum atomic E-state index is 12.6. The molecule has 3 amide bonds. The van der Waals surface area contributed by atoms with E-state index in [2.05, 4.69) is 15.3 Å². The van der Waals surface area contributed by atoms with Crippen molar-refractivity contribution in [3.05, 3.63) is 77.5 Å². The Hall–Kier alpha value is -3.81. The number of aromatic nitrogens is 3. The average Bonchev–Trinajstić information content (AvgIpc) is 3.34. The maximum absolute atomic E-state index is 12.6. The van der Waals surface area contributed by atoms with E-state index in [0.29, 0.717) is 16.9 Å². The number of imidazole rings is 1. The monoisotopic (exact) mass is 389 g/mol. The summed E-state index contributed by atoms with van der Waals surface area (Å²) in [5.74, 6) is -0.580. The zero-order chi connectivity index (χ0) is 20.5. The fraction of sp³-hybridized carbons (Fsp3) is 0.190. The van der Waals surface area contributed by atoms with E-state index in [9.17, 15) is 14.4 Å². The first-order valence-corrected chi connectivity index (χ1v) is 9.15. The Kier molecular flexibility index (Phi) is 4.67. The summed E-state index contributed by atoms with van der Waals surface area (Å²) in [7, 11) is 0. The van der Waals surface area contributed by atoms with E-state index < -0.39 is 23.8 Å². The van der Waals surface area contributed by atoms with Gasteiger partial charge in [-0.15, -0.1) is 0 Å². The van der Waals surface area contributed by atoms with E-state index in [1.54, 1.807) is 54.6 Å². The van der Waals surface area contributed by atoms with Crippen molar-refractivity contribution in [1.29, 1.82) is 0 Å². The highest BCUT2D eigenvalue weighted by Crippen LogP contribution is 2.25. The van der Waals surface area contributed by atoms with Crippen LogP contribution in [0, 0.1) is 6.92 Å². The van der Waals surface area contributed by atoms with Crippen molar-refractivity contribution >= 4 is 17.7 Å². The molecule has 1 aliphatic heterocycles. The third-order valence-electron chi connectivity index (χ3n) is 4.89. The number of nitrogens with one attached hydrogen (secondary N) is 1. The van der Waals surface area contributed by atoms with Crippen molar-refractivity contribution in [2.45, 2.75) is 26.4 Å². The van der Waals surface area contributed by atoms with E-state index in [-0.39, 0.29) is 6.54 Å². The first-order chi connectivity index (χ1) is 14.0. The molecular formula is C21H19N5O3. The SMILES string of the molecule is Cc1ccc2c(c1)C(=O)N(C(C)C(=O)NCc1ccc(-n3ccnc3)nc1)C2=O. The lowest BCUT2D eigenvalue weighted by atomic mass is 10.1. The number of fused-ring (bicyclic) bond motifs is 1. The van der Waals surface area contributed by atoms with Gasteiger partial charge in [0.25, 0.3) is 11.8 Å². The molecule has 0 spiro atoms. The van der Waals surface area contributed by atoms with Crippen LogP contribution in [0.25, 0.3) is 5.82 Å². The van der Waals surface area contributed by atoms with Gasteiger partial charge in [0.05, 0.1) is 11.1 Å². The summed E-state index contributed by atoms with van der Waals surface area (Å²) in [6.07, 6.45) is 6.76. The summed E-state index contributed by atoms with van der Waals surface area (Å²) >= 11 is 0. The molecule has 3 heterocycles. The molecule has 1 atom stereocenters. The lowest BCUT2D eigenvalue weighted by Gasteiger charge is -2.21. The standard InChI is InChI=1S/C21H19N5O3/c1-13-3-5-16-17(9-13)21(29)26(20(16)28)14(2)19(27)24-11-15-4-6-18(23-10-15)25-8-7-22-12-25/h3-10,12,14H,11H2,1-2H3,(H,24,27). The molecule has 0 bridgehead atoms. The number of amides is 3. The summed E-state index contributed by atoms with van der Waals surface area (Å²) in [5.41, 5.74) is 2.36. The highest BCUT2D eigenvalue weighted by Gasteiger charge is 2.40. The molecule has 29 heavy (non-hydrogen) atoms. The van der Waals surface area contributed by atoms with Crippen molar-refractivity contribution in [3.63, 3.8) is 0 Å². The van der Waals surface area contributed by atoms with Crippen LogP contribution in [-0.4, -0.2) is 43.2 Å². The second-order valence-corrected chi connectivity index (χ2v) is 6.92. The van der Waals surface area contributed by atoms with Crippen LogP contribution < -0.4 is 5.32 Å². The van der Waals surface area contributed by atoms with Crippen LogP contribution in [0.4, 0.5) is 0 Å². The molecule has 8 heteroatoms. The molecule has 2 aromatic heterocycles. The van der Waals surface area contributed by atoms with Crippen LogP contribution in [0.15, 0.2) is 55.2 Å². The molecule has 1 unspecified atom stereocenters. The molecule has 8 nitrogen and oxygen atoms in total. The van der Waals surface area contributed by atoms with Crippen molar-refractivity contribution < 1.29 is 14.4 Å². The summed E-state index contributed by atoms with van der Waals surface area (Å²) in [5, 5.41) is 2.76. The third kappa shape index (κ3) is 3.40. The predicted molar refractivity (Wildman–Crippen MR) is 104 cm³/mol. The Morgan fingerprint density at radius 3 is 2.62 bits per heavy atom. The smallest absolute Gasteiger partial charge is 0.262 e. The average molecular weight is 389 g/mol. The van der Waals surface area contributed by atoms with Crippen LogP contribution in [0.5, 0.6) is 0 Å². The Balaban J connectivity index is 1.41. The molecule has 146 valence electrons. The molecule has 0 radical (unpaired) electrons. The molecular weight excluding hydrogens is 370 g/mol. The number of imide groups is 1. The number of carbonyl (C=O) groups is 3. The number of aryl methyl sites for hydroxylation is 1. The van der Waals surface area contributed by atoms with Gasteiger partial charge in [0.15, 0.2) is 0 Å². The van der Waals surface area contributed by atoms with Crippen molar-refractivity contribution in [2.75, 3.05) is 0 Å². The Morgan fingerprint density at radius 1 is 1.14 bits per heavy atom. The molecule has 1 aromatic carbocycles. The molecule has 4 rings (SSSR count). The molecule has 0 saturated carbocycles. The van der Waals surface area contributed by atoms with Gasteiger partial charge in [-0.25, -0.2) is 9.97 Å².